The number of halogens is 1. The summed E-state index contributed by atoms with van der Waals surface area (Å²) < 4.78 is 6.94. The number of rotatable bonds is 4. The van der Waals surface area contributed by atoms with Gasteiger partial charge in [-0.2, -0.15) is 0 Å². The Morgan fingerprint density at radius 3 is 2.78 bits per heavy atom. The zero-order chi connectivity index (χ0) is 18.6. The molecular weight excluding hydrogens is 400 g/mol. The topological polar surface area (TPSA) is 38.4 Å². The molecule has 0 aliphatic rings. The number of aryl methyl sites for hydroxylation is 1. The highest BCUT2D eigenvalue weighted by atomic mass is 79.9. The summed E-state index contributed by atoms with van der Waals surface area (Å²) in [5, 5.41) is 0. The number of benzene rings is 3. The summed E-state index contributed by atoms with van der Waals surface area (Å²) in [5.41, 5.74) is 5.71. The standard InChI is InChI=1S/C23H17BrN2O/c1-16-10-11-22-21(13-16)26-23(27-22)18-7-3-9-20(15-18)25-12-4-6-17-5-2-8-19(24)14-17/h2-15H,1H3. The van der Waals surface area contributed by atoms with Crippen LogP contribution in [0.2, 0.25) is 0 Å². The fourth-order valence-electron chi connectivity index (χ4n) is 2.77. The molecule has 0 N–H and O–H groups in total. The monoisotopic (exact) mass is 416 g/mol. The summed E-state index contributed by atoms with van der Waals surface area (Å²) in [6.45, 7) is 2.05. The Kier molecular flexibility index (Phi) is 4.99. The third-order valence-electron chi connectivity index (χ3n) is 4.08. The predicted octanol–water partition coefficient (Wildman–Crippen LogP) is 6.98. The van der Waals surface area contributed by atoms with Gasteiger partial charge < -0.3 is 4.42 Å². The molecular formula is C23H17BrN2O. The quantitative estimate of drug-likeness (QED) is 0.336. The van der Waals surface area contributed by atoms with Gasteiger partial charge in [-0.15, -0.1) is 0 Å². The van der Waals surface area contributed by atoms with Gasteiger partial charge in [0.15, 0.2) is 5.58 Å². The van der Waals surface area contributed by atoms with Crippen LogP contribution in [0, 0.1) is 6.92 Å². The predicted molar refractivity (Wildman–Crippen MR) is 116 cm³/mol. The summed E-state index contributed by atoms with van der Waals surface area (Å²) in [6.07, 6.45) is 5.73. The summed E-state index contributed by atoms with van der Waals surface area (Å²) in [4.78, 5) is 9.10. The molecule has 0 saturated carbocycles. The van der Waals surface area contributed by atoms with Gasteiger partial charge in [0, 0.05) is 16.3 Å². The Morgan fingerprint density at radius 2 is 1.89 bits per heavy atom. The molecule has 0 aliphatic heterocycles. The third kappa shape index (κ3) is 4.23. The van der Waals surface area contributed by atoms with Crippen molar-refractivity contribution in [3.8, 4) is 11.5 Å². The molecule has 0 unspecified atom stereocenters. The van der Waals surface area contributed by atoms with Crippen molar-refractivity contribution in [2.24, 2.45) is 4.99 Å². The first-order valence-electron chi connectivity index (χ1n) is 8.61. The fraction of sp³-hybridized carbons (Fsp3) is 0.0435. The van der Waals surface area contributed by atoms with Crippen LogP contribution < -0.4 is 0 Å². The maximum atomic E-state index is 5.88. The number of hydrogen-bond acceptors (Lipinski definition) is 3. The van der Waals surface area contributed by atoms with Gasteiger partial charge >= 0.3 is 0 Å². The molecule has 4 rings (SSSR count). The van der Waals surface area contributed by atoms with Gasteiger partial charge in [0.1, 0.15) is 5.52 Å². The molecule has 3 nitrogen and oxygen atoms in total. The zero-order valence-corrected chi connectivity index (χ0v) is 16.3. The molecule has 4 heteroatoms. The largest absolute Gasteiger partial charge is 0.436 e. The molecule has 0 radical (unpaired) electrons. The molecule has 0 amide bonds. The molecule has 1 aromatic heterocycles. The minimum Gasteiger partial charge on any atom is -0.436 e. The van der Waals surface area contributed by atoms with Gasteiger partial charge in [0.25, 0.3) is 0 Å². The lowest BCUT2D eigenvalue weighted by atomic mass is 10.2. The van der Waals surface area contributed by atoms with Crippen LogP contribution in [0.1, 0.15) is 11.1 Å². The van der Waals surface area contributed by atoms with Crippen molar-refractivity contribution in [1.29, 1.82) is 0 Å². The molecule has 0 bridgehead atoms. The molecule has 3 aromatic carbocycles. The number of oxazole rings is 1. The Labute approximate surface area is 166 Å². The van der Waals surface area contributed by atoms with E-state index >= 15 is 0 Å². The van der Waals surface area contributed by atoms with Gasteiger partial charge in [0.05, 0.1) is 5.69 Å². The average molecular weight is 417 g/mol. The maximum absolute atomic E-state index is 5.88. The molecule has 132 valence electrons. The molecule has 0 fully saturated rings. The lowest BCUT2D eigenvalue weighted by Crippen LogP contribution is -1.77. The van der Waals surface area contributed by atoms with Crippen LogP contribution in [0.3, 0.4) is 0 Å². The average Bonchev–Trinajstić information content (AvgIpc) is 3.09. The van der Waals surface area contributed by atoms with Gasteiger partial charge in [-0.1, -0.05) is 46.3 Å². The minimum absolute atomic E-state index is 0.609. The molecule has 27 heavy (non-hydrogen) atoms. The SMILES string of the molecule is Cc1ccc2oc(-c3cccc(N=CC=Cc4cccc(Br)c4)c3)nc2c1. The van der Waals surface area contributed by atoms with Crippen molar-refractivity contribution in [1.82, 2.24) is 4.98 Å². The van der Waals surface area contributed by atoms with Crippen molar-refractivity contribution >= 4 is 45.0 Å². The molecule has 4 aromatic rings. The van der Waals surface area contributed by atoms with Crippen molar-refractivity contribution in [3.63, 3.8) is 0 Å². The van der Waals surface area contributed by atoms with Gasteiger partial charge in [-0.3, -0.25) is 4.99 Å². The number of nitrogens with zero attached hydrogens (tertiary/aromatic N) is 2. The van der Waals surface area contributed by atoms with E-state index in [2.05, 4.69) is 32.0 Å². The molecule has 0 saturated heterocycles. The minimum atomic E-state index is 0.609. The van der Waals surface area contributed by atoms with E-state index in [1.807, 2.05) is 79.7 Å². The van der Waals surface area contributed by atoms with Crippen LogP contribution in [-0.2, 0) is 0 Å². The van der Waals surface area contributed by atoms with E-state index in [-0.39, 0.29) is 0 Å². The van der Waals surface area contributed by atoms with Crippen LogP contribution in [-0.4, -0.2) is 11.2 Å². The van der Waals surface area contributed by atoms with Crippen molar-refractivity contribution in [3.05, 3.63) is 88.4 Å². The van der Waals surface area contributed by atoms with E-state index in [9.17, 15) is 0 Å². The van der Waals surface area contributed by atoms with Crippen molar-refractivity contribution in [2.45, 2.75) is 6.92 Å². The van der Waals surface area contributed by atoms with Crippen molar-refractivity contribution in [2.75, 3.05) is 0 Å². The number of hydrogen-bond donors (Lipinski definition) is 0. The number of aromatic nitrogens is 1. The van der Waals surface area contributed by atoms with Crippen LogP contribution in [0.5, 0.6) is 0 Å². The van der Waals surface area contributed by atoms with E-state index in [1.165, 1.54) is 0 Å². The summed E-state index contributed by atoms with van der Waals surface area (Å²) in [7, 11) is 0. The van der Waals surface area contributed by atoms with Crippen LogP contribution in [0.25, 0.3) is 28.6 Å². The smallest absolute Gasteiger partial charge is 0.227 e. The maximum Gasteiger partial charge on any atom is 0.227 e. The van der Waals surface area contributed by atoms with Gasteiger partial charge in [-0.05, 0) is 66.6 Å². The van der Waals surface area contributed by atoms with Crippen LogP contribution >= 0.6 is 15.9 Å². The first kappa shape index (κ1) is 17.4. The first-order chi connectivity index (χ1) is 13.2. The van der Waals surface area contributed by atoms with Gasteiger partial charge in [-0.25, -0.2) is 4.98 Å². The summed E-state index contributed by atoms with van der Waals surface area (Å²) in [5.74, 6) is 0.609. The second kappa shape index (κ2) is 7.72. The zero-order valence-electron chi connectivity index (χ0n) is 14.8. The highest BCUT2D eigenvalue weighted by molar-refractivity contribution is 9.10. The Hall–Kier alpha value is -2.98. The Balaban J connectivity index is 1.54. The normalized spacial score (nSPS) is 11.8. The first-order valence-corrected chi connectivity index (χ1v) is 9.41. The highest BCUT2D eigenvalue weighted by Crippen LogP contribution is 2.27. The van der Waals surface area contributed by atoms with Gasteiger partial charge in [0.2, 0.25) is 5.89 Å². The molecule has 0 atom stereocenters. The second-order valence-electron chi connectivity index (χ2n) is 6.23. The lowest BCUT2D eigenvalue weighted by Gasteiger charge is -1.97. The second-order valence-corrected chi connectivity index (χ2v) is 7.15. The van der Waals surface area contributed by atoms with E-state index in [4.69, 9.17) is 4.42 Å². The Morgan fingerprint density at radius 1 is 1.00 bits per heavy atom. The van der Waals surface area contributed by atoms with Crippen molar-refractivity contribution < 1.29 is 4.42 Å². The Bertz CT molecular complexity index is 1160. The third-order valence-corrected chi connectivity index (χ3v) is 4.58. The number of fused-ring (bicyclic) bond motifs is 1. The van der Waals surface area contributed by atoms with E-state index < -0.39 is 0 Å². The van der Waals surface area contributed by atoms with E-state index in [0.717, 1.165) is 38.0 Å². The molecule has 0 aliphatic carbocycles. The fourth-order valence-corrected chi connectivity index (χ4v) is 3.19. The van der Waals surface area contributed by atoms with E-state index in [1.54, 1.807) is 6.21 Å². The number of aliphatic imine (C=N–C) groups is 1. The van der Waals surface area contributed by atoms with Crippen LogP contribution in [0.4, 0.5) is 5.69 Å². The lowest BCUT2D eigenvalue weighted by molar-refractivity contribution is 0.620. The molecule has 1 heterocycles. The summed E-state index contributed by atoms with van der Waals surface area (Å²) in [6, 6.07) is 22.0. The number of allylic oxidation sites excluding steroid dienone is 1. The molecule has 0 spiro atoms. The highest BCUT2D eigenvalue weighted by Gasteiger charge is 2.08. The van der Waals surface area contributed by atoms with Crippen LogP contribution in [0.15, 0.2) is 86.7 Å². The van der Waals surface area contributed by atoms with E-state index in [0.29, 0.717) is 5.89 Å². The summed E-state index contributed by atoms with van der Waals surface area (Å²) >= 11 is 3.47.